The minimum absolute atomic E-state index is 0.101. The maximum atomic E-state index is 11.3. The summed E-state index contributed by atoms with van der Waals surface area (Å²) in [4.78, 5) is 15.5. The SMILES string of the molecule is CC(C)NC(=O)CNc1nc(Cl)c(C#N)s1. The van der Waals surface area contributed by atoms with Crippen molar-refractivity contribution in [3.05, 3.63) is 10.0 Å². The molecule has 0 saturated heterocycles. The zero-order valence-corrected chi connectivity index (χ0v) is 10.4. The average Bonchev–Trinajstić information content (AvgIpc) is 2.55. The summed E-state index contributed by atoms with van der Waals surface area (Å²) in [6.07, 6.45) is 0. The number of carbonyl (C=O) groups is 1. The van der Waals surface area contributed by atoms with E-state index in [9.17, 15) is 4.79 Å². The van der Waals surface area contributed by atoms with Gasteiger partial charge in [0.1, 0.15) is 10.9 Å². The Hall–Kier alpha value is -1.32. The molecule has 2 N–H and O–H groups in total. The molecule has 0 atom stereocenters. The van der Waals surface area contributed by atoms with Crippen LogP contribution in [0.4, 0.5) is 5.13 Å². The van der Waals surface area contributed by atoms with E-state index in [4.69, 9.17) is 16.9 Å². The van der Waals surface area contributed by atoms with Crippen LogP contribution in [-0.2, 0) is 4.79 Å². The lowest BCUT2D eigenvalue weighted by Gasteiger charge is -2.07. The summed E-state index contributed by atoms with van der Waals surface area (Å²) in [5.74, 6) is -0.125. The standard InChI is InChI=1S/C9H11ClN4OS/c1-5(2)13-7(15)4-12-9-14-8(10)6(3-11)16-9/h5H,4H2,1-2H3,(H,12,14)(H,13,15). The number of halogens is 1. The molecule has 0 fully saturated rings. The van der Waals surface area contributed by atoms with Crippen LogP contribution in [0.25, 0.3) is 0 Å². The van der Waals surface area contributed by atoms with Crippen LogP contribution in [0, 0.1) is 11.3 Å². The fourth-order valence-electron chi connectivity index (χ4n) is 0.975. The number of aromatic nitrogens is 1. The molecule has 0 aliphatic carbocycles. The van der Waals surface area contributed by atoms with E-state index in [1.165, 1.54) is 0 Å². The first-order chi connectivity index (χ1) is 7.52. The van der Waals surface area contributed by atoms with E-state index in [1.807, 2.05) is 19.9 Å². The molecular weight excluding hydrogens is 248 g/mol. The number of hydrogen-bond donors (Lipinski definition) is 2. The molecule has 0 spiro atoms. The van der Waals surface area contributed by atoms with Crippen molar-refractivity contribution < 1.29 is 4.79 Å². The number of anilines is 1. The third-order valence-electron chi connectivity index (χ3n) is 1.54. The maximum Gasteiger partial charge on any atom is 0.239 e. The lowest BCUT2D eigenvalue weighted by atomic mass is 10.4. The van der Waals surface area contributed by atoms with Crippen molar-refractivity contribution in [1.29, 1.82) is 5.26 Å². The summed E-state index contributed by atoms with van der Waals surface area (Å²) in [7, 11) is 0. The largest absolute Gasteiger partial charge is 0.352 e. The maximum absolute atomic E-state index is 11.3. The molecule has 1 aromatic rings. The third kappa shape index (κ3) is 3.68. The van der Waals surface area contributed by atoms with E-state index in [0.717, 1.165) is 11.3 Å². The molecule has 1 heterocycles. The Morgan fingerprint density at radius 3 is 2.88 bits per heavy atom. The van der Waals surface area contributed by atoms with Crippen LogP contribution < -0.4 is 10.6 Å². The quantitative estimate of drug-likeness (QED) is 0.860. The van der Waals surface area contributed by atoms with E-state index < -0.39 is 0 Å². The Kier molecular flexibility index (Phi) is 4.52. The number of hydrogen-bond acceptors (Lipinski definition) is 5. The predicted octanol–water partition coefficient (Wildman–Crippen LogP) is 1.60. The molecule has 0 aromatic carbocycles. The first kappa shape index (κ1) is 12.7. The van der Waals surface area contributed by atoms with Crippen molar-refractivity contribution in [3.8, 4) is 6.07 Å². The Morgan fingerprint density at radius 1 is 1.69 bits per heavy atom. The van der Waals surface area contributed by atoms with Crippen LogP contribution in [-0.4, -0.2) is 23.5 Å². The highest BCUT2D eigenvalue weighted by Crippen LogP contribution is 2.25. The summed E-state index contributed by atoms with van der Waals surface area (Å²) in [5, 5.41) is 14.8. The lowest BCUT2D eigenvalue weighted by molar-refractivity contribution is -0.119. The average molecular weight is 259 g/mol. The first-order valence-corrected chi connectivity index (χ1v) is 5.82. The number of nitrogens with one attached hydrogen (secondary N) is 2. The predicted molar refractivity (Wildman–Crippen MR) is 63.6 cm³/mol. The molecule has 0 aliphatic heterocycles. The van der Waals surface area contributed by atoms with Crippen LogP contribution in [0.3, 0.4) is 0 Å². The highest BCUT2D eigenvalue weighted by molar-refractivity contribution is 7.16. The summed E-state index contributed by atoms with van der Waals surface area (Å²) < 4.78 is 0. The molecule has 1 amide bonds. The molecule has 86 valence electrons. The van der Waals surface area contributed by atoms with Crippen LogP contribution in [0.15, 0.2) is 0 Å². The summed E-state index contributed by atoms with van der Waals surface area (Å²) >= 11 is 6.81. The van der Waals surface area contributed by atoms with Crippen molar-refractivity contribution in [2.24, 2.45) is 0 Å². The smallest absolute Gasteiger partial charge is 0.239 e. The second-order valence-electron chi connectivity index (χ2n) is 3.33. The van der Waals surface area contributed by atoms with Crippen LogP contribution >= 0.6 is 22.9 Å². The van der Waals surface area contributed by atoms with Gasteiger partial charge in [0, 0.05) is 6.04 Å². The zero-order valence-electron chi connectivity index (χ0n) is 8.87. The van der Waals surface area contributed by atoms with E-state index in [0.29, 0.717) is 10.0 Å². The molecular formula is C9H11ClN4OS. The molecule has 0 saturated carbocycles. The van der Waals surface area contributed by atoms with Crippen molar-refractivity contribution >= 4 is 34.0 Å². The highest BCUT2D eigenvalue weighted by atomic mass is 35.5. The molecule has 1 aromatic heterocycles. The minimum Gasteiger partial charge on any atom is -0.352 e. The number of rotatable bonds is 4. The zero-order chi connectivity index (χ0) is 12.1. The summed E-state index contributed by atoms with van der Waals surface area (Å²) in [6.45, 7) is 3.88. The molecule has 16 heavy (non-hydrogen) atoms. The number of nitriles is 1. The minimum atomic E-state index is -0.125. The summed E-state index contributed by atoms with van der Waals surface area (Å²) in [6, 6.07) is 2.02. The lowest BCUT2D eigenvalue weighted by Crippen LogP contribution is -2.34. The van der Waals surface area contributed by atoms with Gasteiger partial charge < -0.3 is 10.6 Å². The number of nitrogens with zero attached hydrogens (tertiary/aromatic N) is 2. The second-order valence-corrected chi connectivity index (χ2v) is 4.68. The number of amides is 1. The van der Waals surface area contributed by atoms with Gasteiger partial charge in [-0.05, 0) is 13.8 Å². The normalized spacial score (nSPS) is 9.94. The van der Waals surface area contributed by atoms with Gasteiger partial charge in [-0.3, -0.25) is 4.79 Å². The Labute approximate surface area is 102 Å². The van der Waals surface area contributed by atoms with Crippen molar-refractivity contribution in [2.45, 2.75) is 19.9 Å². The molecule has 5 nitrogen and oxygen atoms in total. The molecule has 7 heteroatoms. The molecule has 1 rings (SSSR count). The topological polar surface area (TPSA) is 77.8 Å². The first-order valence-electron chi connectivity index (χ1n) is 4.62. The van der Waals surface area contributed by atoms with Gasteiger partial charge in [-0.25, -0.2) is 4.98 Å². The fourth-order valence-corrected chi connectivity index (χ4v) is 1.92. The number of thiazole rings is 1. The van der Waals surface area contributed by atoms with Crippen LogP contribution in [0.1, 0.15) is 18.7 Å². The van der Waals surface area contributed by atoms with Gasteiger partial charge in [-0.2, -0.15) is 5.26 Å². The van der Waals surface area contributed by atoms with E-state index in [1.54, 1.807) is 0 Å². The summed E-state index contributed by atoms with van der Waals surface area (Å²) in [5.41, 5.74) is 0. The van der Waals surface area contributed by atoms with Crippen LogP contribution in [0.5, 0.6) is 0 Å². The molecule has 0 unspecified atom stereocenters. The Balaban J connectivity index is 2.49. The monoisotopic (exact) mass is 258 g/mol. The van der Waals surface area contributed by atoms with E-state index in [-0.39, 0.29) is 23.6 Å². The molecule has 0 bridgehead atoms. The van der Waals surface area contributed by atoms with Crippen molar-refractivity contribution in [1.82, 2.24) is 10.3 Å². The molecule has 0 aliphatic rings. The third-order valence-corrected chi connectivity index (χ3v) is 2.84. The van der Waals surface area contributed by atoms with Crippen molar-refractivity contribution in [2.75, 3.05) is 11.9 Å². The van der Waals surface area contributed by atoms with Gasteiger partial charge in [0.25, 0.3) is 0 Å². The fraction of sp³-hybridized carbons (Fsp3) is 0.444. The van der Waals surface area contributed by atoms with E-state index in [2.05, 4.69) is 15.6 Å². The number of carbonyl (C=O) groups excluding carboxylic acids is 1. The van der Waals surface area contributed by atoms with Gasteiger partial charge in [-0.15, -0.1) is 0 Å². The Bertz CT molecular complexity index is 424. The highest BCUT2D eigenvalue weighted by Gasteiger charge is 2.09. The molecule has 0 radical (unpaired) electrons. The van der Waals surface area contributed by atoms with Gasteiger partial charge in [0.2, 0.25) is 5.91 Å². The van der Waals surface area contributed by atoms with Crippen LogP contribution in [0.2, 0.25) is 5.15 Å². The van der Waals surface area contributed by atoms with Crippen molar-refractivity contribution in [3.63, 3.8) is 0 Å². The van der Waals surface area contributed by atoms with Gasteiger partial charge in [0.05, 0.1) is 6.54 Å². The second kappa shape index (κ2) is 5.68. The Morgan fingerprint density at radius 2 is 2.38 bits per heavy atom. The van der Waals surface area contributed by atoms with Gasteiger partial charge in [0.15, 0.2) is 10.3 Å². The van der Waals surface area contributed by atoms with Gasteiger partial charge >= 0.3 is 0 Å². The van der Waals surface area contributed by atoms with Gasteiger partial charge in [-0.1, -0.05) is 22.9 Å². The van der Waals surface area contributed by atoms with E-state index >= 15 is 0 Å².